The lowest BCUT2D eigenvalue weighted by molar-refractivity contribution is 0.343. The molecule has 0 heterocycles. The van der Waals surface area contributed by atoms with E-state index in [1.54, 1.807) is 0 Å². The number of para-hydroxylation sites is 1. The standard InChI is InChI=1S/C26H23OP/c1-4-11-21(12-5-1)24-17-10-18-25(26(24)22-13-6-2-7-14-22)28-20-19-27-23-15-8-3-9-16-23/h1-18,28H,19-20H2. The highest BCUT2D eigenvalue weighted by Gasteiger charge is 2.12. The van der Waals surface area contributed by atoms with Crippen molar-refractivity contribution in [3.8, 4) is 28.0 Å². The summed E-state index contributed by atoms with van der Waals surface area (Å²) in [5.74, 6) is 0.939. The van der Waals surface area contributed by atoms with Gasteiger partial charge in [0.15, 0.2) is 0 Å². The fourth-order valence-corrected chi connectivity index (χ4v) is 4.49. The highest BCUT2D eigenvalue weighted by molar-refractivity contribution is 7.47. The van der Waals surface area contributed by atoms with Gasteiger partial charge in [-0.05, 0) is 39.7 Å². The Balaban J connectivity index is 1.60. The lowest BCUT2D eigenvalue weighted by atomic mass is 9.94. The van der Waals surface area contributed by atoms with Crippen molar-refractivity contribution in [1.82, 2.24) is 0 Å². The van der Waals surface area contributed by atoms with E-state index in [9.17, 15) is 0 Å². The molecule has 0 aliphatic rings. The van der Waals surface area contributed by atoms with Crippen molar-refractivity contribution < 1.29 is 4.74 Å². The number of ether oxygens (including phenoxy) is 1. The highest BCUT2D eigenvalue weighted by atomic mass is 31.1. The van der Waals surface area contributed by atoms with E-state index in [-0.39, 0.29) is 0 Å². The van der Waals surface area contributed by atoms with Crippen LogP contribution < -0.4 is 10.0 Å². The van der Waals surface area contributed by atoms with Crippen LogP contribution >= 0.6 is 8.58 Å². The lowest BCUT2D eigenvalue weighted by Gasteiger charge is -2.16. The molecule has 0 aliphatic heterocycles. The quantitative estimate of drug-likeness (QED) is 0.265. The molecule has 0 radical (unpaired) electrons. The van der Waals surface area contributed by atoms with Crippen LogP contribution in [0, 0.1) is 0 Å². The van der Waals surface area contributed by atoms with Crippen molar-refractivity contribution in [3.05, 3.63) is 109 Å². The second-order valence-electron chi connectivity index (χ2n) is 6.55. The van der Waals surface area contributed by atoms with E-state index in [4.69, 9.17) is 4.74 Å². The van der Waals surface area contributed by atoms with Crippen molar-refractivity contribution in [2.45, 2.75) is 0 Å². The maximum absolute atomic E-state index is 5.90. The lowest BCUT2D eigenvalue weighted by Crippen LogP contribution is -2.07. The Hall–Kier alpha value is -2.89. The van der Waals surface area contributed by atoms with Crippen molar-refractivity contribution in [2.24, 2.45) is 0 Å². The second kappa shape index (κ2) is 9.35. The molecular formula is C26H23OP. The minimum absolute atomic E-state index is 0.697. The molecule has 4 aromatic carbocycles. The van der Waals surface area contributed by atoms with Crippen LogP contribution in [0.3, 0.4) is 0 Å². The van der Waals surface area contributed by atoms with Crippen LogP contribution in [0.5, 0.6) is 5.75 Å². The molecule has 0 saturated heterocycles. The summed E-state index contributed by atoms with van der Waals surface area (Å²) in [5, 5.41) is 1.39. The van der Waals surface area contributed by atoms with Crippen molar-refractivity contribution in [2.75, 3.05) is 12.8 Å². The number of benzene rings is 4. The molecule has 0 bridgehead atoms. The molecule has 138 valence electrons. The summed E-state index contributed by atoms with van der Waals surface area (Å²) in [6.45, 7) is 0.728. The molecule has 4 rings (SSSR count). The molecule has 4 aromatic rings. The summed E-state index contributed by atoms with van der Waals surface area (Å²) in [4.78, 5) is 0. The first-order chi connectivity index (χ1) is 13.9. The predicted molar refractivity (Wildman–Crippen MR) is 122 cm³/mol. The molecule has 28 heavy (non-hydrogen) atoms. The normalized spacial score (nSPS) is 11.0. The number of rotatable bonds is 7. The minimum atomic E-state index is 0.697. The Bertz CT molecular complexity index is 998. The monoisotopic (exact) mass is 382 g/mol. The molecule has 0 saturated carbocycles. The molecule has 0 aliphatic carbocycles. The largest absolute Gasteiger partial charge is 0.493 e. The molecular weight excluding hydrogens is 359 g/mol. The average Bonchev–Trinajstić information content (AvgIpc) is 2.78. The van der Waals surface area contributed by atoms with Crippen molar-refractivity contribution in [3.63, 3.8) is 0 Å². The summed E-state index contributed by atoms with van der Waals surface area (Å²) >= 11 is 0. The Kier molecular flexibility index (Phi) is 6.17. The summed E-state index contributed by atoms with van der Waals surface area (Å²) in [7, 11) is 0.697. The molecule has 0 amide bonds. The maximum atomic E-state index is 5.90. The van der Waals surface area contributed by atoms with Crippen molar-refractivity contribution >= 4 is 13.9 Å². The van der Waals surface area contributed by atoms with E-state index in [0.29, 0.717) is 8.58 Å². The first kappa shape index (κ1) is 18.5. The van der Waals surface area contributed by atoms with Crippen LogP contribution in [0.25, 0.3) is 22.3 Å². The van der Waals surface area contributed by atoms with E-state index < -0.39 is 0 Å². The minimum Gasteiger partial charge on any atom is -0.493 e. The predicted octanol–water partition coefficient (Wildman–Crippen LogP) is 6.40. The van der Waals surface area contributed by atoms with Crippen LogP contribution in [-0.4, -0.2) is 12.8 Å². The van der Waals surface area contributed by atoms with Gasteiger partial charge in [-0.15, -0.1) is 0 Å². The third-order valence-corrected chi connectivity index (χ3v) is 5.89. The maximum Gasteiger partial charge on any atom is 0.119 e. The molecule has 1 unspecified atom stereocenters. The smallest absolute Gasteiger partial charge is 0.119 e. The topological polar surface area (TPSA) is 9.23 Å². The third-order valence-electron chi connectivity index (χ3n) is 4.64. The zero-order valence-corrected chi connectivity index (χ0v) is 16.7. The summed E-state index contributed by atoms with van der Waals surface area (Å²) in [5.41, 5.74) is 5.16. The SMILES string of the molecule is c1ccc(OCCPc2cccc(-c3ccccc3)c2-c2ccccc2)cc1. The Morgan fingerprint density at radius 1 is 0.571 bits per heavy atom. The molecule has 0 aromatic heterocycles. The van der Waals surface area contributed by atoms with Crippen LogP contribution in [0.4, 0.5) is 0 Å². The summed E-state index contributed by atoms with van der Waals surface area (Å²) in [6, 6.07) is 38.1. The van der Waals surface area contributed by atoms with Gasteiger partial charge in [0.25, 0.3) is 0 Å². The van der Waals surface area contributed by atoms with Gasteiger partial charge >= 0.3 is 0 Å². The van der Waals surface area contributed by atoms with E-state index in [0.717, 1.165) is 18.5 Å². The van der Waals surface area contributed by atoms with Gasteiger partial charge in [0.1, 0.15) is 5.75 Å². The third kappa shape index (κ3) is 4.50. The molecule has 0 N–H and O–H groups in total. The second-order valence-corrected chi connectivity index (χ2v) is 7.94. The number of hydrogen-bond donors (Lipinski definition) is 0. The van der Waals surface area contributed by atoms with E-state index in [1.807, 2.05) is 30.3 Å². The zero-order valence-electron chi connectivity index (χ0n) is 15.7. The molecule has 1 nitrogen and oxygen atoms in total. The average molecular weight is 382 g/mol. The first-order valence-corrected chi connectivity index (χ1v) is 10.8. The van der Waals surface area contributed by atoms with E-state index >= 15 is 0 Å². The van der Waals surface area contributed by atoms with Crippen LogP contribution in [0.2, 0.25) is 0 Å². The van der Waals surface area contributed by atoms with Gasteiger partial charge in [0, 0.05) is 6.16 Å². The fraction of sp³-hybridized carbons (Fsp3) is 0.0769. The van der Waals surface area contributed by atoms with Gasteiger partial charge in [0.2, 0.25) is 0 Å². The summed E-state index contributed by atoms with van der Waals surface area (Å²) < 4.78 is 5.90. The zero-order chi connectivity index (χ0) is 19.0. The van der Waals surface area contributed by atoms with Crippen LogP contribution in [0.1, 0.15) is 0 Å². The molecule has 0 spiro atoms. The van der Waals surface area contributed by atoms with E-state index in [2.05, 4.69) is 78.9 Å². The van der Waals surface area contributed by atoms with Gasteiger partial charge < -0.3 is 4.74 Å². The molecule has 0 fully saturated rings. The van der Waals surface area contributed by atoms with Crippen LogP contribution in [-0.2, 0) is 0 Å². The Morgan fingerprint density at radius 3 is 1.86 bits per heavy atom. The molecule has 2 heteroatoms. The van der Waals surface area contributed by atoms with Gasteiger partial charge in [-0.3, -0.25) is 0 Å². The number of hydrogen-bond acceptors (Lipinski definition) is 1. The van der Waals surface area contributed by atoms with E-state index in [1.165, 1.54) is 27.6 Å². The Morgan fingerprint density at radius 2 is 1.18 bits per heavy atom. The van der Waals surface area contributed by atoms with Gasteiger partial charge in [-0.2, -0.15) is 0 Å². The highest BCUT2D eigenvalue weighted by Crippen LogP contribution is 2.33. The first-order valence-electron chi connectivity index (χ1n) is 9.57. The molecule has 1 atom stereocenters. The fourth-order valence-electron chi connectivity index (χ4n) is 3.35. The van der Waals surface area contributed by atoms with Gasteiger partial charge in [0.05, 0.1) is 6.61 Å². The van der Waals surface area contributed by atoms with Crippen LogP contribution in [0.15, 0.2) is 109 Å². The Labute approximate surface area is 168 Å². The van der Waals surface area contributed by atoms with Gasteiger partial charge in [-0.25, -0.2) is 0 Å². The summed E-state index contributed by atoms with van der Waals surface area (Å²) in [6.07, 6.45) is 1.01. The van der Waals surface area contributed by atoms with Gasteiger partial charge in [-0.1, -0.05) is 106 Å². The van der Waals surface area contributed by atoms with Crippen molar-refractivity contribution in [1.29, 1.82) is 0 Å².